The molecule has 1 aliphatic heterocycles. The van der Waals surface area contributed by atoms with Gasteiger partial charge in [-0.2, -0.15) is 0 Å². The molecule has 4 aliphatic rings. The number of benzene rings is 1. The van der Waals surface area contributed by atoms with Crippen molar-refractivity contribution in [1.82, 2.24) is 0 Å². The molecule has 1 saturated heterocycles. The van der Waals surface area contributed by atoms with Crippen LogP contribution in [0, 0.1) is 5.41 Å². The topological polar surface area (TPSA) is 27.7 Å². The largest absolute Gasteiger partial charge is 0.366 e. The minimum Gasteiger partial charge on any atom is -0.366 e. The number of fused-ring (bicyclic) bond motifs is 3. The molecule has 1 aromatic carbocycles. The summed E-state index contributed by atoms with van der Waals surface area (Å²) in [4.78, 5) is 0. The molecule has 0 N–H and O–H groups in total. The average Bonchev–Trinajstić information content (AvgIpc) is 2.88. The lowest BCUT2D eigenvalue weighted by Gasteiger charge is -2.54. The Hall–Kier alpha value is -1.16. The van der Waals surface area contributed by atoms with Gasteiger partial charge in [0.15, 0.2) is 6.29 Å². The Balaban J connectivity index is 1.23. The van der Waals surface area contributed by atoms with E-state index in [0.717, 1.165) is 6.42 Å². The van der Waals surface area contributed by atoms with Gasteiger partial charge in [0.2, 0.25) is 0 Å². The lowest BCUT2D eigenvalue weighted by molar-refractivity contribution is -0.232. The van der Waals surface area contributed by atoms with E-state index >= 15 is 0 Å². The van der Waals surface area contributed by atoms with Crippen molar-refractivity contribution in [2.75, 3.05) is 19.8 Å². The van der Waals surface area contributed by atoms with Crippen LogP contribution in [0.1, 0.15) is 115 Å². The summed E-state index contributed by atoms with van der Waals surface area (Å²) in [5.41, 5.74) is 3.89. The normalized spacial score (nSPS) is 31.9. The van der Waals surface area contributed by atoms with Gasteiger partial charge in [0.05, 0.1) is 19.8 Å². The lowest BCUT2D eigenvalue weighted by Crippen LogP contribution is -2.44. The van der Waals surface area contributed by atoms with Crippen molar-refractivity contribution in [3.63, 3.8) is 0 Å². The van der Waals surface area contributed by atoms with Crippen LogP contribution >= 0.6 is 0 Å². The van der Waals surface area contributed by atoms with Crippen molar-refractivity contribution >= 4 is 0 Å². The molecule has 184 valence electrons. The number of hydrogen-bond donors (Lipinski definition) is 0. The summed E-state index contributed by atoms with van der Waals surface area (Å²) in [6, 6.07) is 9.34. The molecule has 2 bridgehead atoms. The van der Waals surface area contributed by atoms with Crippen molar-refractivity contribution in [1.29, 1.82) is 0 Å². The minimum atomic E-state index is -0.252. The first kappa shape index (κ1) is 24.9. The second kappa shape index (κ2) is 12.0. The van der Waals surface area contributed by atoms with Crippen LogP contribution in [0.4, 0.5) is 0 Å². The molecule has 0 spiro atoms. The summed E-state index contributed by atoms with van der Waals surface area (Å²) in [5, 5.41) is 0. The summed E-state index contributed by atoms with van der Waals surface area (Å²) in [7, 11) is 0. The molecule has 0 aromatic heterocycles. The molecule has 3 nitrogen and oxygen atoms in total. The number of allylic oxidation sites excluding steroid dienone is 1. The number of unbranched alkanes of at least 4 members (excludes halogenated alkanes) is 4. The molecule has 0 amide bonds. The zero-order valence-electron chi connectivity index (χ0n) is 21.2. The standard InChI is InChI=1S/C30H46O3/c1-3-5-7-8-10-22-31-28-24-32-27(23-33-28)25-11-13-26(14-12-25)30-19-16-29(17-20-30,18-21-30)15-9-6-4-2/h8,10-14,27-28H,3-7,9,15-24H2,1-2H3/b10-8+/t27-,28+,29?,30?/m1/s1. The first-order chi connectivity index (χ1) is 16.2. The van der Waals surface area contributed by atoms with Gasteiger partial charge >= 0.3 is 0 Å². The molecule has 1 heterocycles. The SMILES string of the molecule is CCCC/C=C/CO[C@@H]1CO[C@@H](c2ccc(C34CCC(CCCCC)(CC3)CC4)cc2)CO1. The fraction of sp³-hybridized carbons (Fsp3) is 0.733. The van der Waals surface area contributed by atoms with E-state index in [-0.39, 0.29) is 12.4 Å². The van der Waals surface area contributed by atoms with Crippen molar-refractivity contribution in [3.8, 4) is 0 Å². The van der Waals surface area contributed by atoms with E-state index in [0.29, 0.717) is 30.7 Å². The van der Waals surface area contributed by atoms with E-state index in [9.17, 15) is 0 Å². The van der Waals surface area contributed by atoms with Crippen molar-refractivity contribution in [3.05, 3.63) is 47.5 Å². The Labute approximate surface area is 202 Å². The fourth-order valence-corrected chi connectivity index (χ4v) is 6.32. The molecule has 3 heteroatoms. The number of rotatable bonds is 12. The van der Waals surface area contributed by atoms with Crippen LogP contribution in [-0.2, 0) is 19.6 Å². The quantitative estimate of drug-likeness (QED) is 0.236. The van der Waals surface area contributed by atoms with Crippen LogP contribution in [0.3, 0.4) is 0 Å². The molecule has 0 unspecified atom stereocenters. The van der Waals surface area contributed by atoms with Crippen molar-refractivity contribution in [2.45, 2.75) is 115 Å². The molecule has 1 aromatic rings. The Morgan fingerprint density at radius 2 is 1.58 bits per heavy atom. The Bertz CT molecular complexity index is 705. The summed E-state index contributed by atoms with van der Waals surface area (Å²) in [6.07, 6.45) is 21.8. The van der Waals surface area contributed by atoms with E-state index in [2.05, 4.69) is 50.3 Å². The lowest BCUT2D eigenvalue weighted by atomic mass is 9.51. The highest BCUT2D eigenvalue weighted by Crippen LogP contribution is 2.59. The van der Waals surface area contributed by atoms with Gasteiger partial charge in [-0.1, -0.05) is 82.4 Å². The van der Waals surface area contributed by atoms with Gasteiger partial charge in [-0.05, 0) is 73.3 Å². The summed E-state index contributed by atoms with van der Waals surface area (Å²) in [5.74, 6) is 0. The van der Waals surface area contributed by atoms with Crippen LogP contribution in [0.5, 0.6) is 0 Å². The van der Waals surface area contributed by atoms with Crippen LogP contribution in [0.25, 0.3) is 0 Å². The highest BCUT2D eigenvalue weighted by Gasteiger charge is 2.48. The monoisotopic (exact) mass is 454 g/mol. The summed E-state index contributed by atoms with van der Waals surface area (Å²) in [6.45, 7) is 6.19. The fourth-order valence-electron chi connectivity index (χ4n) is 6.32. The minimum absolute atomic E-state index is 0.0143. The highest BCUT2D eigenvalue weighted by molar-refractivity contribution is 5.32. The van der Waals surface area contributed by atoms with Crippen LogP contribution < -0.4 is 0 Å². The smallest absolute Gasteiger partial charge is 0.181 e. The third-order valence-corrected chi connectivity index (χ3v) is 8.74. The van der Waals surface area contributed by atoms with Gasteiger partial charge in [0.1, 0.15) is 6.10 Å². The van der Waals surface area contributed by atoms with Crippen LogP contribution in [-0.4, -0.2) is 26.1 Å². The maximum atomic E-state index is 6.10. The second-order valence-corrected chi connectivity index (χ2v) is 10.9. The van der Waals surface area contributed by atoms with Gasteiger partial charge in [-0.25, -0.2) is 0 Å². The number of ether oxygens (including phenoxy) is 3. The first-order valence-corrected chi connectivity index (χ1v) is 13.8. The van der Waals surface area contributed by atoms with Gasteiger partial charge in [0.25, 0.3) is 0 Å². The zero-order chi connectivity index (χ0) is 23.0. The molecule has 33 heavy (non-hydrogen) atoms. The first-order valence-electron chi connectivity index (χ1n) is 13.8. The summed E-state index contributed by atoms with van der Waals surface area (Å²) < 4.78 is 17.8. The Morgan fingerprint density at radius 1 is 0.848 bits per heavy atom. The van der Waals surface area contributed by atoms with Crippen molar-refractivity contribution in [2.24, 2.45) is 5.41 Å². The molecule has 2 atom stereocenters. The van der Waals surface area contributed by atoms with E-state index in [1.807, 2.05) is 0 Å². The molecule has 3 saturated carbocycles. The van der Waals surface area contributed by atoms with Gasteiger partial charge in [-0.15, -0.1) is 0 Å². The molecular weight excluding hydrogens is 408 g/mol. The van der Waals surface area contributed by atoms with E-state index < -0.39 is 0 Å². The third-order valence-electron chi connectivity index (χ3n) is 8.74. The van der Waals surface area contributed by atoms with Crippen LogP contribution in [0.2, 0.25) is 0 Å². The predicted molar refractivity (Wildman–Crippen MR) is 135 cm³/mol. The van der Waals surface area contributed by atoms with Gasteiger partial charge in [0, 0.05) is 0 Å². The third kappa shape index (κ3) is 6.29. The predicted octanol–water partition coefficient (Wildman–Crippen LogP) is 8.04. The maximum Gasteiger partial charge on any atom is 0.181 e. The zero-order valence-corrected chi connectivity index (χ0v) is 21.2. The maximum absolute atomic E-state index is 6.10. The van der Waals surface area contributed by atoms with Crippen LogP contribution in [0.15, 0.2) is 36.4 Å². The molecule has 3 aliphatic carbocycles. The Kier molecular flexibility index (Phi) is 9.07. The summed E-state index contributed by atoms with van der Waals surface area (Å²) >= 11 is 0. The van der Waals surface area contributed by atoms with E-state index in [1.54, 1.807) is 5.56 Å². The Morgan fingerprint density at radius 3 is 2.21 bits per heavy atom. The average molecular weight is 455 g/mol. The molecule has 5 rings (SSSR count). The highest BCUT2D eigenvalue weighted by atomic mass is 16.7. The molecule has 4 fully saturated rings. The second-order valence-electron chi connectivity index (χ2n) is 10.9. The molecular formula is C30H46O3. The van der Waals surface area contributed by atoms with Gasteiger partial charge in [-0.3, -0.25) is 0 Å². The van der Waals surface area contributed by atoms with E-state index in [1.165, 1.54) is 82.6 Å². The number of hydrogen-bond acceptors (Lipinski definition) is 3. The molecule has 0 radical (unpaired) electrons. The van der Waals surface area contributed by atoms with E-state index in [4.69, 9.17) is 14.2 Å². The van der Waals surface area contributed by atoms with Crippen molar-refractivity contribution < 1.29 is 14.2 Å². The van der Waals surface area contributed by atoms with Gasteiger partial charge < -0.3 is 14.2 Å².